The van der Waals surface area contributed by atoms with Gasteiger partial charge in [0, 0.05) is 0 Å². The molecule has 0 aliphatic rings. The molecule has 0 fully saturated rings. The van der Waals surface area contributed by atoms with Crippen LogP contribution in [0.5, 0.6) is 5.75 Å². The first kappa shape index (κ1) is 14.7. The van der Waals surface area contributed by atoms with Crippen molar-refractivity contribution in [2.75, 3.05) is 14.2 Å². The zero-order valence-electron chi connectivity index (χ0n) is 9.68. The van der Waals surface area contributed by atoms with Crippen molar-refractivity contribution >= 4 is 0 Å². The molecule has 0 amide bonds. The third kappa shape index (κ3) is 2.72. The normalized spacial score (nSPS) is 14.4. The molecule has 1 unspecified atom stereocenters. The number of ether oxygens (including phenoxy) is 1. The number of halogens is 5. The quantitative estimate of drug-likeness (QED) is 0.848. The van der Waals surface area contributed by atoms with Crippen LogP contribution in [-0.4, -0.2) is 26.3 Å². The van der Waals surface area contributed by atoms with Gasteiger partial charge in [0.2, 0.25) is 0 Å². The number of rotatable bonds is 4. The lowest BCUT2D eigenvalue weighted by atomic mass is 10.00. The smallest absolute Gasteiger partial charge is 0.455 e. The molecule has 0 heterocycles. The molecule has 0 spiro atoms. The highest BCUT2D eigenvalue weighted by Gasteiger charge is 2.62. The van der Waals surface area contributed by atoms with Crippen LogP contribution in [0.3, 0.4) is 0 Å². The molecule has 0 aromatic heterocycles. The summed E-state index contributed by atoms with van der Waals surface area (Å²) in [6.45, 7) is 0. The molecule has 1 aromatic carbocycles. The molecule has 2 nitrogen and oxygen atoms in total. The first-order chi connectivity index (χ1) is 8.24. The number of benzene rings is 1. The van der Waals surface area contributed by atoms with Gasteiger partial charge in [0.1, 0.15) is 11.8 Å². The molecule has 7 heteroatoms. The number of methoxy groups -OCH3 is 1. The van der Waals surface area contributed by atoms with E-state index >= 15 is 0 Å². The maximum atomic E-state index is 13.2. The van der Waals surface area contributed by atoms with Crippen molar-refractivity contribution in [2.45, 2.75) is 18.1 Å². The van der Waals surface area contributed by atoms with Gasteiger partial charge in [-0.1, -0.05) is 12.1 Å². The second-order valence-electron chi connectivity index (χ2n) is 3.62. The van der Waals surface area contributed by atoms with E-state index in [4.69, 9.17) is 4.74 Å². The average Bonchev–Trinajstić information content (AvgIpc) is 2.29. The Hall–Kier alpha value is -1.37. The molecule has 0 radical (unpaired) electrons. The maximum absolute atomic E-state index is 13.2. The third-order valence-electron chi connectivity index (χ3n) is 2.48. The summed E-state index contributed by atoms with van der Waals surface area (Å²) in [6.07, 6.45) is -5.61. The Kier molecular flexibility index (Phi) is 4.16. The number of hydrogen-bond acceptors (Lipinski definition) is 2. The molecular formula is C11H12F5NO. The van der Waals surface area contributed by atoms with Gasteiger partial charge in [0.25, 0.3) is 0 Å². The Labute approximate surface area is 101 Å². The zero-order chi connectivity index (χ0) is 14.0. The summed E-state index contributed by atoms with van der Waals surface area (Å²) < 4.78 is 68.2. The average molecular weight is 269 g/mol. The van der Waals surface area contributed by atoms with Crippen molar-refractivity contribution in [1.29, 1.82) is 0 Å². The van der Waals surface area contributed by atoms with Crippen LogP contribution < -0.4 is 10.1 Å². The Bertz CT molecular complexity index is 387. The Morgan fingerprint density at radius 1 is 1.06 bits per heavy atom. The first-order valence-corrected chi connectivity index (χ1v) is 4.99. The van der Waals surface area contributed by atoms with Crippen LogP contribution in [0.2, 0.25) is 0 Å². The Balaban J connectivity index is 3.09. The second-order valence-corrected chi connectivity index (χ2v) is 3.62. The Morgan fingerprint density at radius 3 is 1.89 bits per heavy atom. The van der Waals surface area contributed by atoms with Gasteiger partial charge in [-0.25, -0.2) is 0 Å². The third-order valence-corrected chi connectivity index (χ3v) is 2.48. The van der Waals surface area contributed by atoms with Gasteiger partial charge < -0.3 is 10.1 Å². The van der Waals surface area contributed by atoms with Crippen LogP contribution in [0, 0.1) is 0 Å². The van der Waals surface area contributed by atoms with Crippen molar-refractivity contribution in [1.82, 2.24) is 5.32 Å². The monoisotopic (exact) mass is 269 g/mol. The maximum Gasteiger partial charge on any atom is 0.455 e. The summed E-state index contributed by atoms with van der Waals surface area (Å²) in [6, 6.07) is 2.85. The SMILES string of the molecule is CNC(c1ccc(OC)cc1)C(F)(F)C(F)(F)F. The minimum Gasteiger partial charge on any atom is -0.497 e. The van der Waals surface area contributed by atoms with Gasteiger partial charge in [-0.3, -0.25) is 0 Å². The topological polar surface area (TPSA) is 21.3 Å². The van der Waals surface area contributed by atoms with E-state index in [2.05, 4.69) is 0 Å². The standard InChI is InChI=1S/C11H12F5NO/c1-17-9(10(12,13)11(14,15)16)7-3-5-8(18-2)6-4-7/h3-6,9,17H,1-2H3. The van der Waals surface area contributed by atoms with E-state index in [1.165, 1.54) is 31.4 Å². The van der Waals surface area contributed by atoms with Gasteiger partial charge in [-0.15, -0.1) is 0 Å². The molecule has 1 atom stereocenters. The van der Waals surface area contributed by atoms with Crippen molar-refractivity contribution in [3.63, 3.8) is 0 Å². The lowest BCUT2D eigenvalue weighted by molar-refractivity contribution is -0.293. The highest BCUT2D eigenvalue weighted by molar-refractivity contribution is 5.30. The molecule has 102 valence electrons. The van der Waals surface area contributed by atoms with Gasteiger partial charge in [0.15, 0.2) is 0 Å². The van der Waals surface area contributed by atoms with E-state index < -0.39 is 18.1 Å². The number of hydrogen-bond donors (Lipinski definition) is 1. The number of alkyl halides is 5. The van der Waals surface area contributed by atoms with E-state index in [0.29, 0.717) is 5.75 Å². The van der Waals surface area contributed by atoms with Gasteiger partial charge >= 0.3 is 12.1 Å². The van der Waals surface area contributed by atoms with Gasteiger partial charge in [-0.2, -0.15) is 22.0 Å². The molecule has 1 rings (SSSR count). The molecule has 0 saturated heterocycles. The van der Waals surface area contributed by atoms with Crippen molar-refractivity contribution in [2.24, 2.45) is 0 Å². The van der Waals surface area contributed by atoms with Crippen LogP contribution in [0.25, 0.3) is 0 Å². The summed E-state index contributed by atoms with van der Waals surface area (Å²) in [5, 5.41) is 1.99. The predicted octanol–water partition coefficient (Wildman–Crippen LogP) is 3.15. The largest absolute Gasteiger partial charge is 0.497 e. The summed E-state index contributed by atoms with van der Waals surface area (Å²) in [7, 11) is 2.42. The zero-order valence-corrected chi connectivity index (χ0v) is 9.68. The van der Waals surface area contributed by atoms with Crippen LogP contribution in [0.15, 0.2) is 24.3 Å². The lowest BCUT2D eigenvalue weighted by Crippen LogP contribution is -2.47. The van der Waals surface area contributed by atoms with Crippen molar-refractivity contribution in [3.05, 3.63) is 29.8 Å². The minimum absolute atomic E-state index is 0.166. The van der Waals surface area contributed by atoms with Crippen molar-refractivity contribution in [3.8, 4) is 5.75 Å². The van der Waals surface area contributed by atoms with Gasteiger partial charge in [0.05, 0.1) is 7.11 Å². The molecule has 0 aliphatic carbocycles. The van der Waals surface area contributed by atoms with E-state index in [0.717, 1.165) is 7.05 Å². The fourth-order valence-electron chi connectivity index (χ4n) is 1.52. The van der Waals surface area contributed by atoms with Crippen LogP contribution in [0.1, 0.15) is 11.6 Å². The molecule has 0 aliphatic heterocycles. The van der Waals surface area contributed by atoms with E-state index in [1.54, 1.807) is 0 Å². The fraction of sp³-hybridized carbons (Fsp3) is 0.455. The molecule has 1 aromatic rings. The summed E-state index contributed by atoms with van der Waals surface area (Å²) >= 11 is 0. The first-order valence-electron chi connectivity index (χ1n) is 4.99. The summed E-state index contributed by atoms with van der Waals surface area (Å²) in [5.74, 6) is -4.47. The fourth-order valence-corrected chi connectivity index (χ4v) is 1.52. The summed E-state index contributed by atoms with van der Waals surface area (Å²) in [4.78, 5) is 0. The van der Waals surface area contributed by atoms with Crippen LogP contribution in [0.4, 0.5) is 22.0 Å². The highest BCUT2D eigenvalue weighted by Crippen LogP contribution is 2.44. The molecule has 0 bridgehead atoms. The lowest BCUT2D eigenvalue weighted by Gasteiger charge is -2.28. The molecule has 18 heavy (non-hydrogen) atoms. The molecular weight excluding hydrogens is 257 g/mol. The van der Waals surface area contributed by atoms with E-state index in [1.807, 2.05) is 5.32 Å². The molecule has 1 N–H and O–H groups in total. The van der Waals surface area contributed by atoms with E-state index in [9.17, 15) is 22.0 Å². The van der Waals surface area contributed by atoms with Crippen molar-refractivity contribution < 1.29 is 26.7 Å². The highest BCUT2D eigenvalue weighted by atomic mass is 19.4. The predicted molar refractivity (Wildman–Crippen MR) is 55.8 cm³/mol. The van der Waals surface area contributed by atoms with Gasteiger partial charge in [-0.05, 0) is 24.7 Å². The molecule has 0 saturated carbocycles. The minimum atomic E-state index is -5.61. The second kappa shape index (κ2) is 5.09. The Morgan fingerprint density at radius 2 is 1.56 bits per heavy atom. The number of nitrogens with one attached hydrogen (secondary N) is 1. The van der Waals surface area contributed by atoms with Crippen LogP contribution in [-0.2, 0) is 0 Å². The van der Waals surface area contributed by atoms with E-state index in [-0.39, 0.29) is 5.56 Å². The van der Waals surface area contributed by atoms with Crippen LogP contribution >= 0.6 is 0 Å². The summed E-state index contributed by atoms with van der Waals surface area (Å²) in [5.41, 5.74) is -0.166.